The molecule has 0 radical (unpaired) electrons. The summed E-state index contributed by atoms with van der Waals surface area (Å²) in [6.45, 7) is 0. The molecule has 0 saturated carbocycles. The first-order valence-corrected chi connectivity index (χ1v) is 8.89. The van der Waals surface area contributed by atoms with Crippen LogP contribution in [0.4, 0.5) is 8.78 Å². The Morgan fingerprint density at radius 3 is 1.79 bits per heavy atom. The number of nitrogens with zero attached hydrogens (tertiary/aromatic N) is 1. The Morgan fingerprint density at radius 2 is 1.42 bits per heavy atom. The van der Waals surface area contributed by atoms with Gasteiger partial charge in [0.25, 0.3) is 0 Å². The van der Waals surface area contributed by atoms with Crippen LogP contribution >= 0.6 is 57.4 Å². The second kappa shape index (κ2) is 7.15. The van der Waals surface area contributed by atoms with Crippen LogP contribution in [0.1, 0.15) is 22.9 Å². The quantitative estimate of drug-likeness (QED) is 0.413. The maximum atomic E-state index is 13.5. The van der Waals surface area contributed by atoms with Crippen LogP contribution in [0.5, 0.6) is 0 Å². The standard InChI is InChI=1S/C16H8Cl3F2IN2/c17-9-5-7(1-3-11(9)20)13(16-23-14(19)15(22)24-16)8-2-4-12(21)10(18)6-8/h1-6,13H,(H,23,24). The van der Waals surface area contributed by atoms with Gasteiger partial charge < -0.3 is 4.98 Å². The number of benzene rings is 2. The molecular formula is C16H8Cl3F2IN2. The smallest absolute Gasteiger partial charge is 0.141 e. The van der Waals surface area contributed by atoms with E-state index >= 15 is 0 Å². The van der Waals surface area contributed by atoms with E-state index in [0.29, 0.717) is 25.8 Å². The van der Waals surface area contributed by atoms with Crippen molar-refractivity contribution >= 4 is 57.4 Å². The number of hydrogen-bond donors (Lipinski definition) is 1. The molecular weight excluding hydrogens is 491 g/mol. The summed E-state index contributed by atoms with van der Waals surface area (Å²) in [4.78, 5) is 7.38. The topological polar surface area (TPSA) is 28.7 Å². The van der Waals surface area contributed by atoms with Gasteiger partial charge in [0.1, 0.15) is 26.3 Å². The molecule has 3 aromatic rings. The first-order chi connectivity index (χ1) is 11.4. The Bertz CT molecular complexity index is 843. The lowest BCUT2D eigenvalue weighted by Gasteiger charge is -2.17. The summed E-state index contributed by atoms with van der Waals surface area (Å²) in [5, 5.41) is 0.355. The number of H-pyrrole nitrogens is 1. The summed E-state index contributed by atoms with van der Waals surface area (Å²) in [5.74, 6) is -0.983. The second-order valence-electron chi connectivity index (χ2n) is 5.01. The number of aromatic amines is 1. The predicted molar refractivity (Wildman–Crippen MR) is 100 cm³/mol. The Labute approximate surface area is 165 Å². The van der Waals surface area contributed by atoms with Crippen molar-refractivity contribution in [3.63, 3.8) is 0 Å². The lowest BCUT2D eigenvalue weighted by Crippen LogP contribution is -2.06. The molecule has 1 aromatic heterocycles. The number of imidazole rings is 1. The fourth-order valence-electron chi connectivity index (χ4n) is 2.38. The number of rotatable bonds is 3. The summed E-state index contributed by atoms with van der Waals surface area (Å²) in [6, 6.07) is 8.72. The predicted octanol–water partition coefficient (Wildman–Crippen LogP) is 6.43. The fraction of sp³-hybridized carbons (Fsp3) is 0.0625. The number of aromatic nitrogens is 2. The number of hydrogen-bond acceptors (Lipinski definition) is 1. The largest absolute Gasteiger partial charge is 0.331 e. The van der Waals surface area contributed by atoms with Gasteiger partial charge in [-0.25, -0.2) is 13.8 Å². The van der Waals surface area contributed by atoms with Gasteiger partial charge in [0.15, 0.2) is 0 Å². The highest BCUT2D eigenvalue weighted by Gasteiger charge is 2.23. The molecule has 8 heteroatoms. The molecule has 0 saturated heterocycles. The molecule has 0 atom stereocenters. The SMILES string of the molecule is Fc1ccc(C(c2ccc(F)c(Cl)c2)c2nc(I)c(Cl)[nH]2)cc1Cl. The van der Waals surface area contributed by atoms with Gasteiger partial charge in [-0.15, -0.1) is 0 Å². The zero-order chi connectivity index (χ0) is 17.4. The highest BCUT2D eigenvalue weighted by Crippen LogP contribution is 2.35. The van der Waals surface area contributed by atoms with E-state index in [9.17, 15) is 8.78 Å². The van der Waals surface area contributed by atoms with E-state index in [0.717, 1.165) is 0 Å². The van der Waals surface area contributed by atoms with Crippen LogP contribution in [-0.4, -0.2) is 9.97 Å². The summed E-state index contributed by atoms with van der Waals surface area (Å²) < 4.78 is 27.6. The molecule has 0 unspecified atom stereocenters. The zero-order valence-corrected chi connectivity index (χ0v) is 16.2. The third-order valence-electron chi connectivity index (χ3n) is 3.46. The molecule has 124 valence electrons. The maximum absolute atomic E-state index is 13.5. The monoisotopic (exact) mass is 498 g/mol. The third kappa shape index (κ3) is 3.54. The number of nitrogens with one attached hydrogen (secondary N) is 1. The van der Waals surface area contributed by atoms with E-state index in [1.54, 1.807) is 12.1 Å². The third-order valence-corrected chi connectivity index (χ3v) is 5.42. The van der Waals surface area contributed by atoms with Crippen molar-refractivity contribution in [1.29, 1.82) is 0 Å². The number of halogens is 6. The van der Waals surface area contributed by atoms with Crippen LogP contribution in [0.3, 0.4) is 0 Å². The summed E-state index contributed by atoms with van der Waals surface area (Å²) in [6.07, 6.45) is 0. The van der Waals surface area contributed by atoms with Crippen LogP contribution in [0.25, 0.3) is 0 Å². The maximum Gasteiger partial charge on any atom is 0.141 e. The molecule has 3 rings (SSSR count). The van der Waals surface area contributed by atoms with Gasteiger partial charge in [-0.05, 0) is 58.0 Å². The van der Waals surface area contributed by atoms with Gasteiger partial charge in [-0.1, -0.05) is 46.9 Å². The van der Waals surface area contributed by atoms with Crippen molar-refractivity contribution in [3.8, 4) is 0 Å². The molecule has 2 nitrogen and oxygen atoms in total. The average Bonchev–Trinajstić information content (AvgIpc) is 2.86. The lowest BCUT2D eigenvalue weighted by molar-refractivity contribution is 0.626. The zero-order valence-electron chi connectivity index (χ0n) is 11.8. The minimum atomic E-state index is -0.525. The molecule has 1 heterocycles. The minimum absolute atomic E-state index is 0.0157. The lowest BCUT2D eigenvalue weighted by atomic mass is 9.90. The Morgan fingerprint density at radius 1 is 0.917 bits per heavy atom. The summed E-state index contributed by atoms with van der Waals surface area (Å²) in [7, 11) is 0. The van der Waals surface area contributed by atoms with Crippen molar-refractivity contribution < 1.29 is 8.78 Å². The van der Waals surface area contributed by atoms with Crippen molar-refractivity contribution in [2.75, 3.05) is 0 Å². The molecule has 0 amide bonds. The van der Waals surface area contributed by atoms with Gasteiger partial charge in [0.2, 0.25) is 0 Å². The van der Waals surface area contributed by atoms with Crippen LogP contribution in [0.15, 0.2) is 36.4 Å². The van der Waals surface area contributed by atoms with E-state index in [1.807, 2.05) is 22.6 Å². The molecule has 0 aliphatic heterocycles. The molecule has 2 aromatic carbocycles. The highest BCUT2D eigenvalue weighted by atomic mass is 127. The van der Waals surface area contributed by atoms with Crippen LogP contribution in [-0.2, 0) is 0 Å². The molecule has 0 bridgehead atoms. The van der Waals surface area contributed by atoms with Gasteiger partial charge in [-0.3, -0.25) is 0 Å². The molecule has 0 aliphatic rings. The van der Waals surface area contributed by atoms with E-state index in [4.69, 9.17) is 34.8 Å². The average molecular weight is 500 g/mol. The van der Waals surface area contributed by atoms with Crippen LogP contribution in [0.2, 0.25) is 15.2 Å². The first-order valence-electron chi connectivity index (χ1n) is 6.67. The highest BCUT2D eigenvalue weighted by molar-refractivity contribution is 14.1. The molecule has 0 aliphatic carbocycles. The Kier molecular flexibility index (Phi) is 5.34. The van der Waals surface area contributed by atoms with E-state index < -0.39 is 17.6 Å². The van der Waals surface area contributed by atoms with Crippen molar-refractivity contribution in [2.24, 2.45) is 0 Å². The second-order valence-corrected chi connectivity index (χ2v) is 7.22. The minimum Gasteiger partial charge on any atom is -0.331 e. The Balaban J connectivity index is 2.19. The van der Waals surface area contributed by atoms with Crippen molar-refractivity contribution in [2.45, 2.75) is 5.92 Å². The first kappa shape index (κ1) is 17.9. The van der Waals surface area contributed by atoms with Gasteiger partial charge in [0, 0.05) is 0 Å². The van der Waals surface area contributed by atoms with Gasteiger partial charge in [0.05, 0.1) is 16.0 Å². The van der Waals surface area contributed by atoms with E-state index in [2.05, 4.69) is 9.97 Å². The van der Waals surface area contributed by atoms with Gasteiger partial charge in [-0.2, -0.15) is 0 Å². The van der Waals surface area contributed by atoms with E-state index in [-0.39, 0.29) is 10.0 Å². The van der Waals surface area contributed by atoms with Gasteiger partial charge >= 0.3 is 0 Å². The molecule has 0 fully saturated rings. The van der Waals surface area contributed by atoms with Crippen LogP contribution < -0.4 is 0 Å². The van der Waals surface area contributed by atoms with E-state index in [1.165, 1.54) is 24.3 Å². The molecule has 1 N–H and O–H groups in total. The van der Waals surface area contributed by atoms with Crippen molar-refractivity contribution in [1.82, 2.24) is 9.97 Å². The van der Waals surface area contributed by atoms with Crippen LogP contribution in [0, 0.1) is 15.3 Å². The summed E-state index contributed by atoms with van der Waals surface area (Å²) >= 11 is 19.9. The fourth-order valence-corrected chi connectivity index (χ4v) is 3.29. The normalized spacial score (nSPS) is 11.3. The van der Waals surface area contributed by atoms with Crippen molar-refractivity contribution in [3.05, 3.63) is 83.9 Å². The summed E-state index contributed by atoms with van der Waals surface area (Å²) in [5.41, 5.74) is 1.34. The Hall–Kier alpha value is -0.890. The molecule has 0 spiro atoms. The molecule has 24 heavy (non-hydrogen) atoms.